The predicted molar refractivity (Wildman–Crippen MR) is 70.9 cm³/mol. The van der Waals surface area contributed by atoms with E-state index < -0.39 is 0 Å². The van der Waals surface area contributed by atoms with E-state index in [4.69, 9.17) is 16.3 Å². The van der Waals surface area contributed by atoms with Gasteiger partial charge in [-0.1, -0.05) is 23.4 Å². The zero-order valence-corrected chi connectivity index (χ0v) is 11.6. The van der Waals surface area contributed by atoms with Crippen LogP contribution in [0.1, 0.15) is 19.8 Å². The van der Waals surface area contributed by atoms with E-state index in [0.29, 0.717) is 16.9 Å². The summed E-state index contributed by atoms with van der Waals surface area (Å²) in [5.74, 6) is 0.766. The van der Waals surface area contributed by atoms with Gasteiger partial charge in [0.05, 0.1) is 12.1 Å². The Morgan fingerprint density at radius 2 is 2.35 bits per heavy atom. The molecule has 17 heavy (non-hydrogen) atoms. The van der Waals surface area contributed by atoms with Gasteiger partial charge >= 0.3 is 0 Å². The molecule has 0 bridgehead atoms. The van der Waals surface area contributed by atoms with Crippen LogP contribution in [-0.4, -0.2) is 35.0 Å². The van der Waals surface area contributed by atoms with E-state index in [-0.39, 0.29) is 5.54 Å². The van der Waals surface area contributed by atoms with E-state index in [1.807, 2.05) is 6.26 Å². The lowest BCUT2D eigenvalue weighted by atomic mass is 9.95. The summed E-state index contributed by atoms with van der Waals surface area (Å²) in [6.07, 6.45) is 4.07. The molecule has 1 fully saturated rings. The molecule has 1 aromatic heterocycles. The summed E-state index contributed by atoms with van der Waals surface area (Å²) in [5, 5.41) is 4.54. The Labute approximate surface area is 111 Å². The second-order valence-corrected chi connectivity index (χ2v) is 5.57. The highest BCUT2D eigenvalue weighted by molar-refractivity contribution is 7.98. The minimum Gasteiger partial charge on any atom is -0.379 e. The molecule has 1 aliphatic rings. The first-order valence-electron chi connectivity index (χ1n) is 5.56. The van der Waals surface area contributed by atoms with Crippen LogP contribution in [0.3, 0.4) is 0 Å². The second-order valence-electron chi connectivity index (χ2n) is 4.40. The predicted octanol–water partition coefficient (Wildman–Crippen LogP) is 2.83. The van der Waals surface area contributed by atoms with Crippen molar-refractivity contribution in [1.82, 2.24) is 9.97 Å². The Balaban J connectivity index is 2.14. The van der Waals surface area contributed by atoms with Gasteiger partial charge in [-0.3, -0.25) is 0 Å². The summed E-state index contributed by atoms with van der Waals surface area (Å²) in [5.41, 5.74) is -0.0639. The highest BCUT2D eigenvalue weighted by Crippen LogP contribution is 2.25. The lowest BCUT2D eigenvalue weighted by Gasteiger charge is -2.34. The van der Waals surface area contributed by atoms with Crippen molar-refractivity contribution in [3.8, 4) is 0 Å². The zero-order chi connectivity index (χ0) is 12.3. The molecule has 0 spiro atoms. The number of thioether (sulfide) groups is 1. The monoisotopic (exact) mass is 273 g/mol. The van der Waals surface area contributed by atoms with Crippen LogP contribution in [0.15, 0.2) is 11.2 Å². The molecule has 2 heterocycles. The van der Waals surface area contributed by atoms with Crippen molar-refractivity contribution >= 4 is 29.2 Å². The third-order valence-electron chi connectivity index (χ3n) is 2.72. The SMILES string of the molecule is CSc1nc(Cl)cc(NC2(C)CCCOC2)n1. The van der Waals surface area contributed by atoms with Crippen LogP contribution in [0.2, 0.25) is 5.15 Å². The Kier molecular flexibility index (Phi) is 4.12. The Bertz CT molecular complexity index is 396. The smallest absolute Gasteiger partial charge is 0.190 e. The molecule has 1 N–H and O–H groups in total. The molecule has 0 radical (unpaired) electrons. The van der Waals surface area contributed by atoms with E-state index in [9.17, 15) is 0 Å². The molecule has 0 aliphatic carbocycles. The fourth-order valence-corrected chi connectivity index (χ4v) is 2.51. The number of hydrogen-bond donors (Lipinski definition) is 1. The van der Waals surface area contributed by atoms with E-state index in [1.165, 1.54) is 11.8 Å². The maximum absolute atomic E-state index is 5.96. The fraction of sp³-hybridized carbons (Fsp3) is 0.636. The fourth-order valence-electron chi connectivity index (χ4n) is 1.89. The number of ether oxygens (including phenoxy) is 1. The minimum absolute atomic E-state index is 0.0639. The molecular weight excluding hydrogens is 258 g/mol. The highest BCUT2D eigenvalue weighted by atomic mass is 35.5. The number of aromatic nitrogens is 2. The second kappa shape index (κ2) is 5.42. The number of nitrogens with zero attached hydrogens (tertiary/aromatic N) is 2. The summed E-state index contributed by atoms with van der Waals surface area (Å²) >= 11 is 7.44. The first-order valence-corrected chi connectivity index (χ1v) is 7.16. The van der Waals surface area contributed by atoms with Crippen LogP contribution in [-0.2, 0) is 4.74 Å². The summed E-state index contributed by atoms with van der Waals surface area (Å²) in [6.45, 7) is 3.68. The standard InChI is InChI=1S/C11H16ClN3OS/c1-11(4-3-5-16-7-11)15-9-6-8(12)13-10(14-9)17-2/h6H,3-5,7H2,1-2H3,(H,13,14,15). The Morgan fingerprint density at radius 1 is 1.53 bits per heavy atom. The number of nitrogens with one attached hydrogen (secondary N) is 1. The Hall–Kier alpha value is -0.520. The molecule has 1 atom stereocenters. The van der Waals surface area contributed by atoms with Crippen LogP contribution in [0.25, 0.3) is 0 Å². The highest BCUT2D eigenvalue weighted by Gasteiger charge is 2.27. The van der Waals surface area contributed by atoms with Crippen LogP contribution in [0.5, 0.6) is 0 Å². The Morgan fingerprint density at radius 3 is 3.00 bits per heavy atom. The van der Waals surface area contributed by atoms with Crippen molar-refractivity contribution in [2.45, 2.75) is 30.5 Å². The van der Waals surface area contributed by atoms with E-state index in [2.05, 4.69) is 22.2 Å². The zero-order valence-electron chi connectivity index (χ0n) is 9.99. The molecule has 0 amide bonds. The molecule has 1 unspecified atom stereocenters. The van der Waals surface area contributed by atoms with E-state index >= 15 is 0 Å². The molecule has 2 rings (SSSR count). The molecule has 94 valence electrons. The van der Waals surface area contributed by atoms with Gasteiger partial charge < -0.3 is 10.1 Å². The van der Waals surface area contributed by atoms with Gasteiger partial charge in [0.25, 0.3) is 0 Å². The quantitative estimate of drug-likeness (QED) is 0.521. The topological polar surface area (TPSA) is 47.0 Å². The van der Waals surface area contributed by atoms with Gasteiger partial charge in [0, 0.05) is 12.7 Å². The number of anilines is 1. The maximum atomic E-state index is 5.96. The molecule has 4 nitrogen and oxygen atoms in total. The minimum atomic E-state index is -0.0639. The van der Waals surface area contributed by atoms with Crippen molar-refractivity contribution in [1.29, 1.82) is 0 Å². The number of rotatable bonds is 3. The number of halogens is 1. The molecule has 1 aromatic rings. The third kappa shape index (κ3) is 3.47. The average Bonchev–Trinajstić information content (AvgIpc) is 2.28. The van der Waals surface area contributed by atoms with Crippen LogP contribution in [0.4, 0.5) is 5.82 Å². The van der Waals surface area contributed by atoms with Gasteiger partial charge in [0.2, 0.25) is 0 Å². The van der Waals surface area contributed by atoms with Gasteiger partial charge in [-0.05, 0) is 26.0 Å². The normalized spacial score (nSPS) is 24.6. The first kappa shape index (κ1) is 12.9. The molecule has 0 aromatic carbocycles. The summed E-state index contributed by atoms with van der Waals surface area (Å²) in [4.78, 5) is 8.51. The lowest BCUT2D eigenvalue weighted by molar-refractivity contribution is 0.0538. The van der Waals surface area contributed by atoms with Crippen molar-refractivity contribution < 1.29 is 4.74 Å². The van der Waals surface area contributed by atoms with Gasteiger partial charge in [-0.25, -0.2) is 9.97 Å². The molecule has 6 heteroatoms. The third-order valence-corrected chi connectivity index (χ3v) is 3.47. The van der Waals surface area contributed by atoms with Gasteiger partial charge in [0.1, 0.15) is 11.0 Å². The number of hydrogen-bond acceptors (Lipinski definition) is 5. The molecule has 1 aliphatic heterocycles. The molecule has 0 saturated carbocycles. The van der Waals surface area contributed by atoms with Gasteiger partial charge in [0.15, 0.2) is 5.16 Å². The summed E-state index contributed by atoms with van der Waals surface area (Å²) in [6, 6.07) is 1.75. The van der Waals surface area contributed by atoms with Crippen molar-refractivity contribution in [2.24, 2.45) is 0 Å². The first-order chi connectivity index (χ1) is 8.11. The average molecular weight is 274 g/mol. The van der Waals surface area contributed by atoms with Crippen molar-refractivity contribution in [2.75, 3.05) is 24.8 Å². The van der Waals surface area contributed by atoms with E-state index in [0.717, 1.165) is 25.3 Å². The van der Waals surface area contributed by atoms with Crippen LogP contribution in [0, 0.1) is 0 Å². The maximum Gasteiger partial charge on any atom is 0.190 e. The molecular formula is C11H16ClN3OS. The van der Waals surface area contributed by atoms with Crippen LogP contribution >= 0.6 is 23.4 Å². The van der Waals surface area contributed by atoms with Crippen molar-refractivity contribution in [3.05, 3.63) is 11.2 Å². The largest absolute Gasteiger partial charge is 0.379 e. The van der Waals surface area contributed by atoms with Crippen molar-refractivity contribution in [3.63, 3.8) is 0 Å². The van der Waals surface area contributed by atoms with Gasteiger partial charge in [-0.15, -0.1) is 0 Å². The van der Waals surface area contributed by atoms with E-state index in [1.54, 1.807) is 6.07 Å². The molecule has 1 saturated heterocycles. The van der Waals surface area contributed by atoms with Gasteiger partial charge in [-0.2, -0.15) is 0 Å². The van der Waals surface area contributed by atoms with Crippen LogP contribution < -0.4 is 5.32 Å². The summed E-state index contributed by atoms with van der Waals surface area (Å²) < 4.78 is 5.50. The summed E-state index contributed by atoms with van der Waals surface area (Å²) in [7, 11) is 0. The lowest BCUT2D eigenvalue weighted by Crippen LogP contribution is -2.43.